The van der Waals surface area contributed by atoms with Crippen molar-refractivity contribution < 1.29 is 24.2 Å². The van der Waals surface area contributed by atoms with Crippen molar-refractivity contribution >= 4 is 11.9 Å². The number of rotatable bonds is 2. The average Bonchev–Trinajstić information content (AvgIpc) is 2.76. The molecule has 116 valence electrons. The quantitative estimate of drug-likeness (QED) is 0.620. The third-order valence-corrected chi connectivity index (χ3v) is 4.38. The lowest BCUT2D eigenvalue weighted by molar-refractivity contribution is -0.140. The Balaban J connectivity index is 2.20. The summed E-state index contributed by atoms with van der Waals surface area (Å²) in [6.07, 6.45) is 4.94. The van der Waals surface area contributed by atoms with Gasteiger partial charge in [-0.1, -0.05) is 12.7 Å². The average molecular weight is 294 g/mol. The molecule has 1 saturated heterocycles. The maximum absolute atomic E-state index is 11.8. The lowest BCUT2D eigenvalue weighted by Gasteiger charge is -2.23. The highest BCUT2D eigenvalue weighted by atomic mass is 16.6. The summed E-state index contributed by atoms with van der Waals surface area (Å²) in [6, 6.07) is 0. The van der Waals surface area contributed by atoms with E-state index in [0.29, 0.717) is 36.8 Å². The molecule has 1 fully saturated rings. The Kier molecular flexibility index (Phi) is 5.17. The topological polar surface area (TPSA) is 72.8 Å². The summed E-state index contributed by atoms with van der Waals surface area (Å²) in [6.45, 7) is 3.86. The molecule has 1 N–H and O–H groups in total. The number of carbonyl (C=O) groups is 2. The van der Waals surface area contributed by atoms with Gasteiger partial charge in [-0.25, -0.2) is 9.59 Å². The minimum atomic E-state index is -0.357. The minimum absolute atomic E-state index is 0.0502. The van der Waals surface area contributed by atoms with E-state index in [1.807, 2.05) is 6.08 Å². The van der Waals surface area contributed by atoms with Gasteiger partial charge in [-0.15, -0.1) is 0 Å². The Hall–Kier alpha value is -1.62. The van der Waals surface area contributed by atoms with E-state index in [2.05, 4.69) is 6.58 Å². The predicted molar refractivity (Wildman–Crippen MR) is 76.3 cm³/mol. The Morgan fingerprint density at radius 2 is 2.29 bits per heavy atom. The first-order valence-electron chi connectivity index (χ1n) is 7.34. The molecule has 0 spiro atoms. The fourth-order valence-corrected chi connectivity index (χ4v) is 3.08. The molecule has 1 heterocycles. The first kappa shape index (κ1) is 15.8. The van der Waals surface area contributed by atoms with Crippen molar-refractivity contribution in [1.29, 1.82) is 0 Å². The van der Waals surface area contributed by atoms with Crippen LogP contribution in [-0.4, -0.2) is 36.9 Å². The fraction of sp³-hybridized carbons (Fsp3) is 0.625. The Bertz CT molecular complexity index is 465. The van der Waals surface area contributed by atoms with Crippen molar-refractivity contribution in [2.45, 2.75) is 38.2 Å². The van der Waals surface area contributed by atoms with Gasteiger partial charge in [0.1, 0.15) is 6.10 Å². The first-order chi connectivity index (χ1) is 10.1. The lowest BCUT2D eigenvalue weighted by Crippen LogP contribution is -2.24. The van der Waals surface area contributed by atoms with Crippen molar-refractivity contribution in [3.63, 3.8) is 0 Å². The third-order valence-electron chi connectivity index (χ3n) is 4.38. The number of allylic oxidation sites excluding steroid dienone is 1. The van der Waals surface area contributed by atoms with Gasteiger partial charge in [0.05, 0.1) is 7.11 Å². The molecule has 0 aromatic carbocycles. The van der Waals surface area contributed by atoms with Crippen molar-refractivity contribution in [3.05, 3.63) is 23.8 Å². The standard InChI is InChI=1S/C16H22O5/c1-10-13-7-6-12(16(19)20-2)5-3-4-11(9-17)8-14(13)21-15(10)18/h5,11,13-14,17H,1,3-4,6-9H2,2H3/b12-5+/t11-,13+,14-/m1/s1. The molecular formula is C16H22O5. The Morgan fingerprint density at radius 3 is 2.95 bits per heavy atom. The van der Waals surface area contributed by atoms with E-state index in [0.717, 1.165) is 6.42 Å². The molecule has 5 nitrogen and oxygen atoms in total. The van der Waals surface area contributed by atoms with E-state index in [4.69, 9.17) is 9.47 Å². The summed E-state index contributed by atoms with van der Waals surface area (Å²) in [5.74, 6) is -0.713. The van der Waals surface area contributed by atoms with Gasteiger partial charge >= 0.3 is 11.9 Å². The van der Waals surface area contributed by atoms with Crippen LogP contribution in [0.2, 0.25) is 0 Å². The van der Waals surface area contributed by atoms with Gasteiger partial charge in [-0.05, 0) is 38.0 Å². The SMILES string of the molecule is C=C1C(=O)O[C@@H]2C[C@H](CO)CC/C=C(/C(=O)OC)CC[C@@H]12. The van der Waals surface area contributed by atoms with Crippen LogP contribution in [0.15, 0.2) is 23.8 Å². The number of ether oxygens (including phenoxy) is 2. The van der Waals surface area contributed by atoms with Crippen LogP contribution >= 0.6 is 0 Å². The summed E-state index contributed by atoms with van der Waals surface area (Å²) < 4.78 is 10.2. The summed E-state index contributed by atoms with van der Waals surface area (Å²) >= 11 is 0. The number of fused-ring (bicyclic) bond motifs is 1. The van der Waals surface area contributed by atoms with Gasteiger partial charge in [0, 0.05) is 23.7 Å². The zero-order valence-electron chi connectivity index (χ0n) is 12.3. The molecule has 0 unspecified atom stereocenters. The second kappa shape index (κ2) is 6.89. The van der Waals surface area contributed by atoms with Crippen molar-refractivity contribution in [2.24, 2.45) is 11.8 Å². The monoisotopic (exact) mass is 294 g/mol. The maximum atomic E-state index is 11.8. The van der Waals surface area contributed by atoms with Crippen molar-refractivity contribution in [3.8, 4) is 0 Å². The predicted octanol–water partition coefficient (Wildman–Crippen LogP) is 1.76. The number of esters is 2. The molecule has 0 amide bonds. The van der Waals surface area contributed by atoms with Crippen LogP contribution in [0.1, 0.15) is 32.1 Å². The summed E-state index contributed by atoms with van der Waals surface area (Å²) in [4.78, 5) is 23.5. The maximum Gasteiger partial charge on any atom is 0.334 e. The van der Waals surface area contributed by atoms with E-state index < -0.39 is 0 Å². The molecule has 1 aliphatic heterocycles. The lowest BCUT2D eigenvalue weighted by atomic mass is 9.83. The van der Waals surface area contributed by atoms with Crippen LogP contribution in [0.3, 0.4) is 0 Å². The van der Waals surface area contributed by atoms with Crippen LogP contribution in [0, 0.1) is 11.8 Å². The zero-order valence-corrected chi connectivity index (χ0v) is 12.3. The number of aliphatic hydroxyl groups is 1. The second-order valence-electron chi connectivity index (χ2n) is 5.70. The van der Waals surface area contributed by atoms with Crippen LogP contribution in [0.5, 0.6) is 0 Å². The van der Waals surface area contributed by atoms with Crippen LogP contribution in [0.25, 0.3) is 0 Å². The molecule has 1 aliphatic carbocycles. The van der Waals surface area contributed by atoms with Crippen LogP contribution < -0.4 is 0 Å². The molecule has 0 radical (unpaired) electrons. The Labute approximate surface area is 124 Å². The molecule has 0 saturated carbocycles. The smallest absolute Gasteiger partial charge is 0.334 e. The highest BCUT2D eigenvalue weighted by molar-refractivity contribution is 5.91. The van der Waals surface area contributed by atoms with Gasteiger partial charge in [-0.3, -0.25) is 0 Å². The van der Waals surface area contributed by atoms with Crippen molar-refractivity contribution in [2.75, 3.05) is 13.7 Å². The molecule has 5 heteroatoms. The van der Waals surface area contributed by atoms with Gasteiger partial charge in [0.15, 0.2) is 0 Å². The third kappa shape index (κ3) is 3.53. The Morgan fingerprint density at radius 1 is 1.52 bits per heavy atom. The van der Waals surface area contributed by atoms with Crippen LogP contribution in [0.4, 0.5) is 0 Å². The summed E-state index contributed by atoms with van der Waals surface area (Å²) in [5.41, 5.74) is 1.10. The van der Waals surface area contributed by atoms with Crippen LogP contribution in [-0.2, 0) is 19.1 Å². The molecule has 2 aliphatic rings. The number of carbonyl (C=O) groups excluding carboxylic acids is 2. The van der Waals surface area contributed by atoms with E-state index >= 15 is 0 Å². The first-order valence-corrected chi connectivity index (χ1v) is 7.34. The van der Waals surface area contributed by atoms with Gasteiger partial charge in [0.2, 0.25) is 0 Å². The minimum Gasteiger partial charge on any atom is -0.466 e. The molecule has 0 aromatic heterocycles. The van der Waals surface area contributed by atoms with Gasteiger partial charge < -0.3 is 14.6 Å². The molecule has 0 aromatic rings. The van der Waals surface area contributed by atoms with E-state index in [1.165, 1.54) is 7.11 Å². The zero-order chi connectivity index (χ0) is 15.4. The molecule has 3 atom stereocenters. The molecule has 2 rings (SSSR count). The molecular weight excluding hydrogens is 272 g/mol. The summed E-state index contributed by atoms with van der Waals surface area (Å²) in [5, 5.41) is 9.47. The number of aliphatic hydroxyl groups excluding tert-OH is 1. The fourth-order valence-electron chi connectivity index (χ4n) is 3.08. The number of methoxy groups -OCH3 is 1. The number of hydrogen-bond donors (Lipinski definition) is 1. The highest BCUT2D eigenvalue weighted by Gasteiger charge is 2.39. The highest BCUT2D eigenvalue weighted by Crippen LogP contribution is 2.36. The van der Waals surface area contributed by atoms with Gasteiger partial charge in [0.25, 0.3) is 0 Å². The molecule has 0 bridgehead atoms. The van der Waals surface area contributed by atoms with E-state index in [-0.39, 0.29) is 36.5 Å². The van der Waals surface area contributed by atoms with E-state index in [9.17, 15) is 14.7 Å². The van der Waals surface area contributed by atoms with Gasteiger partial charge in [-0.2, -0.15) is 0 Å². The molecule has 21 heavy (non-hydrogen) atoms. The van der Waals surface area contributed by atoms with Crippen molar-refractivity contribution in [1.82, 2.24) is 0 Å². The van der Waals surface area contributed by atoms with E-state index in [1.54, 1.807) is 0 Å². The largest absolute Gasteiger partial charge is 0.466 e. The number of hydrogen-bond acceptors (Lipinski definition) is 5. The normalized spacial score (nSPS) is 32.7. The summed E-state index contributed by atoms with van der Waals surface area (Å²) in [7, 11) is 1.36. The second-order valence-corrected chi connectivity index (χ2v) is 5.70.